The van der Waals surface area contributed by atoms with Gasteiger partial charge in [0.2, 0.25) is 5.91 Å². The smallest absolute Gasteiger partial charge is 0.325 e. The second-order valence-electron chi connectivity index (χ2n) is 5.02. The van der Waals surface area contributed by atoms with E-state index in [2.05, 4.69) is 10.1 Å². The standard InChI is InChI=1S/C12H18ClNO3/c1-17-12(16)10(13)6-14-11(15)9-5-7-2-3-8(9)4-7/h7-10H,2-6H2,1H3,(H,14,15). The first-order chi connectivity index (χ1) is 8.11. The maximum Gasteiger partial charge on any atom is 0.325 e. The summed E-state index contributed by atoms with van der Waals surface area (Å²) in [7, 11) is 1.29. The Hall–Kier alpha value is -0.770. The van der Waals surface area contributed by atoms with Crippen molar-refractivity contribution in [3.05, 3.63) is 0 Å². The number of hydrogen-bond donors (Lipinski definition) is 1. The molecule has 1 amide bonds. The molecule has 2 aliphatic carbocycles. The van der Waals surface area contributed by atoms with E-state index in [1.54, 1.807) is 0 Å². The number of fused-ring (bicyclic) bond motifs is 2. The molecule has 2 rings (SSSR count). The van der Waals surface area contributed by atoms with Gasteiger partial charge in [0.25, 0.3) is 0 Å². The molecule has 2 fully saturated rings. The van der Waals surface area contributed by atoms with Crippen LogP contribution in [0.3, 0.4) is 0 Å². The number of halogens is 1. The highest BCUT2D eigenvalue weighted by Crippen LogP contribution is 2.48. The Morgan fingerprint density at radius 2 is 2.18 bits per heavy atom. The van der Waals surface area contributed by atoms with Gasteiger partial charge < -0.3 is 10.1 Å². The van der Waals surface area contributed by atoms with E-state index in [1.807, 2.05) is 0 Å². The summed E-state index contributed by atoms with van der Waals surface area (Å²) in [5, 5.41) is 1.96. The third kappa shape index (κ3) is 2.73. The van der Waals surface area contributed by atoms with Crippen LogP contribution in [-0.2, 0) is 14.3 Å². The molecule has 4 unspecified atom stereocenters. The molecule has 0 aromatic carbocycles. The zero-order chi connectivity index (χ0) is 12.4. The second kappa shape index (κ2) is 5.25. The van der Waals surface area contributed by atoms with Gasteiger partial charge in [0, 0.05) is 12.5 Å². The molecule has 2 aliphatic rings. The van der Waals surface area contributed by atoms with Gasteiger partial charge in [-0.25, -0.2) is 0 Å². The first-order valence-electron chi connectivity index (χ1n) is 6.11. The van der Waals surface area contributed by atoms with Crippen molar-refractivity contribution in [3.8, 4) is 0 Å². The van der Waals surface area contributed by atoms with Gasteiger partial charge >= 0.3 is 5.97 Å². The minimum Gasteiger partial charge on any atom is -0.468 e. The van der Waals surface area contributed by atoms with Crippen LogP contribution < -0.4 is 5.32 Å². The molecular weight excluding hydrogens is 242 g/mol. The van der Waals surface area contributed by atoms with Crippen LogP contribution in [0.1, 0.15) is 25.7 Å². The van der Waals surface area contributed by atoms with Crippen molar-refractivity contribution in [2.45, 2.75) is 31.1 Å². The number of carbonyl (C=O) groups excluding carboxylic acids is 2. The van der Waals surface area contributed by atoms with Gasteiger partial charge in [-0.3, -0.25) is 9.59 Å². The molecule has 96 valence electrons. The number of hydrogen-bond acceptors (Lipinski definition) is 3. The molecule has 0 heterocycles. The molecule has 0 radical (unpaired) electrons. The van der Waals surface area contributed by atoms with Crippen LogP contribution >= 0.6 is 11.6 Å². The molecule has 4 nitrogen and oxygen atoms in total. The Bertz CT molecular complexity index is 321. The molecule has 17 heavy (non-hydrogen) atoms. The summed E-state index contributed by atoms with van der Waals surface area (Å²) in [6.07, 6.45) is 4.64. The predicted octanol–water partition coefficient (Wildman–Crippen LogP) is 1.32. The van der Waals surface area contributed by atoms with E-state index in [0.717, 1.165) is 12.3 Å². The van der Waals surface area contributed by atoms with Crippen LogP contribution in [0.5, 0.6) is 0 Å². The van der Waals surface area contributed by atoms with Crippen LogP contribution in [0.2, 0.25) is 0 Å². The van der Waals surface area contributed by atoms with Gasteiger partial charge in [0.1, 0.15) is 5.38 Å². The summed E-state index contributed by atoms with van der Waals surface area (Å²) in [6.45, 7) is 0.154. The highest BCUT2D eigenvalue weighted by molar-refractivity contribution is 6.30. The van der Waals surface area contributed by atoms with E-state index >= 15 is 0 Å². The molecule has 2 bridgehead atoms. The molecule has 0 aromatic rings. The number of carbonyl (C=O) groups is 2. The number of methoxy groups -OCH3 is 1. The number of rotatable bonds is 4. The lowest BCUT2D eigenvalue weighted by Gasteiger charge is -2.21. The second-order valence-corrected chi connectivity index (χ2v) is 5.54. The van der Waals surface area contributed by atoms with Gasteiger partial charge in [0.15, 0.2) is 0 Å². The maximum absolute atomic E-state index is 11.9. The molecule has 4 atom stereocenters. The zero-order valence-electron chi connectivity index (χ0n) is 9.95. The lowest BCUT2D eigenvalue weighted by Crippen LogP contribution is -2.39. The topological polar surface area (TPSA) is 55.4 Å². The molecule has 0 aliphatic heterocycles. The van der Waals surface area contributed by atoms with Gasteiger partial charge in [-0.15, -0.1) is 11.6 Å². The maximum atomic E-state index is 11.9. The number of ether oxygens (including phenoxy) is 1. The third-order valence-electron chi connectivity index (χ3n) is 3.99. The highest BCUT2D eigenvalue weighted by Gasteiger charge is 2.43. The predicted molar refractivity (Wildman–Crippen MR) is 63.6 cm³/mol. The largest absolute Gasteiger partial charge is 0.468 e. The average molecular weight is 260 g/mol. The molecule has 2 saturated carbocycles. The van der Waals surface area contributed by atoms with Crippen molar-refractivity contribution >= 4 is 23.5 Å². The third-order valence-corrected chi connectivity index (χ3v) is 4.32. The lowest BCUT2D eigenvalue weighted by molar-refractivity contribution is -0.140. The molecule has 0 saturated heterocycles. The molecular formula is C12H18ClNO3. The van der Waals surface area contributed by atoms with Gasteiger partial charge in [-0.2, -0.15) is 0 Å². The van der Waals surface area contributed by atoms with E-state index in [9.17, 15) is 9.59 Å². The first-order valence-corrected chi connectivity index (χ1v) is 6.55. The van der Waals surface area contributed by atoms with E-state index in [1.165, 1.54) is 26.4 Å². The summed E-state index contributed by atoms with van der Waals surface area (Å²) in [5.74, 6) is 0.969. The highest BCUT2D eigenvalue weighted by atomic mass is 35.5. The van der Waals surface area contributed by atoms with Crippen LogP contribution in [0, 0.1) is 17.8 Å². The summed E-state index contributed by atoms with van der Waals surface area (Å²) in [5.41, 5.74) is 0. The number of esters is 1. The Morgan fingerprint density at radius 3 is 2.71 bits per heavy atom. The van der Waals surface area contributed by atoms with E-state index in [-0.39, 0.29) is 18.4 Å². The Balaban J connectivity index is 1.76. The van der Waals surface area contributed by atoms with Crippen molar-refractivity contribution in [2.24, 2.45) is 17.8 Å². The number of nitrogens with one attached hydrogen (secondary N) is 1. The van der Waals surface area contributed by atoms with Crippen LogP contribution in [0.25, 0.3) is 0 Å². The van der Waals surface area contributed by atoms with Crippen molar-refractivity contribution in [3.63, 3.8) is 0 Å². The summed E-state index contributed by atoms with van der Waals surface area (Å²) >= 11 is 5.77. The Labute approximate surface area is 106 Å². The number of amides is 1. The molecule has 5 heteroatoms. The summed E-state index contributed by atoms with van der Waals surface area (Å²) < 4.78 is 4.50. The van der Waals surface area contributed by atoms with Gasteiger partial charge in [-0.05, 0) is 31.1 Å². The van der Waals surface area contributed by atoms with Crippen molar-refractivity contribution in [1.29, 1.82) is 0 Å². The molecule has 1 N–H and O–H groups in total. The van der Waals surface area contributed by atoms with Crippen molar-refractivity contribution in [1.82, 2.24) is 5.32 Å². The lowest BCUT2D eigenvalue weighted by atomic mass is 9.88. The fraction of sp³-hybridized carbons (Fsp3) is 0.833. The zero-order valence-corrected chi connectivity index (χ0v) is 10.7. The monoisotopic (exact) mass is 259 g/mol. The summed E-state index contributed by atoms with van der Waals surface area (Å²) in [6, 6.07) is 0. The minimum atomic E-state index is -0.789. The fourth-order valence-electron chi connectivity index (χ4n) is 3.10. The van der Waals surface area contributed by atoms with Crippen molar-refractivity contribution in [2.75, 3.05) is 13.7 Å². The van der Waals surface area contributed by atoms with E-state index in [0.29, 0.717) is 5.92 Å². The van der Waals surface area contributed by atoms with Gasteiger partial charge in [-0.1, -0.05) is 6.42 Å². The fourth-order valence-corrected chi connectivity index (χ4v) is 3.26. The Morgan fingerprint density at radius 1 is 1.41 bits per heavy atom. The van der Waals surface area contributed by atoms with Crippen LogP contribution in [0.4, 0.5) is 0 Å². The number of alkyl halides is 1. The summed E-state index contributed by atoms with van der Waals surface area (Å²) in [4.78, 5) is 23.0. The van der Waals surface area contributed by atoms with Crippen molar-refractivity contribution < 1.29 is 14.3 Å². The quantitative estimate of drug-likeness (QED) is 0.612. The SMILES string of the molecule is COC(=O)C(Cl)CNC(=O)C1CC2CCC1C2. The normalized spacial score (nSPS) is 32.2. The molecule has 0 spiro atoms. The molecule has 0 aromatic heterocycles. The van der Waals surface area contributed by atoms with E-state index < -0.39 is 11.3 Å². The van der Waals surface area contributed by atoms with E-state index in [4.69, 9.17) is 11.6 Å². The average Bonchev–Trinajstić information content (AvgIpc) is 2.96. The van der Waals surface area contributed by atoms with Gasteiger partial charge in [0.05, 0.1) is 7.11 Å². The van der Waals surface area contributed by atoms with Crippen LogP contribution in [0.15, 0.2) is 0 Å². The minimum absolute atomic E-state index is 0.0479. The van der Waals surface area contributed by atoms with Crippen LogP contribution in [-0.4, -0.2) is 30.9 Å². The Kier molecular flexibility index (Phi) is 3.92. The first kappa shape index (κ1) is 12.7.